The maximum Gasteiger partial charge on any atom is 0.290 e. The number of fused-ring (bicyclic) bond motifs is 1. The van der Waals surface area contributed by atoms with Gasteiger partial charge < -0.3 is 24.1 Å². The normalized spacial score (nSPS) is 20.0. The average molecular weight is 489 g/mol. The van der Waals surface area contributed by atoms with E-state index in [2.05, 4.69) is 11.4 Å². The van der Waals surface area contributed by atoms with Gasteiger partial charge in [0.25, 0.3) is 11.8 Å². The number of nitrogens with zero attached hydrogens (tertiary/aromatic N) is 1. The van der Waals surface area contributed by atoms with Crippen molar-refractivity contribution in [3.05, 3.63) is 88.9 Å². The van der Waals surface area contributed by atoms with Crippen LogP contribution in [0, 0.1) is 6.92 Å². The second-order valence-electron chi connectivity index (χ2n) is 9.54. The molecule has 36 heavy (non-hydrogen) atoms. The van der Waals surface area contributed by atoms with Crippen LogP contribution in [0.2, 0.25) is 0 Å². The average Bonchev–Trinajstić information content (AvgIpc) is 3.61. The number of nitrogens with one attached hydrogen (secondary N) is 1. The van der Waals surface area contributed by atoms with E-state index in [1.807, 2.05) is 48.2 Å². The van der Waals surface area contributed by atoms with Gasteiger partial charge in [-0.15, -0.1) is 0 Å². The number of carbonyl (C=O) groups is 2. The first-order valence-corrected chi connectivity index (χ1v) is 12.6. The molecule has 0 spiro atoms. The monoisotopic (exact) mass is 488 g/mol. The van der Waals surface area contributed by atoms with Gasteiger partial charge in [-0.25, -0.2) is 0 Å². The number of ether oxygens (including phenoxy) is 2. The fraction of sp³-hybridized carbons (Fsp3) is 0.379. The third-order valence-corrected chi connectivity index (χ3v) is 6.91. The zero-order chi connectivity index (χ0) is 25.1. The maximum absolute atomic E-state index is 13.4. The molecular weight excluding hydrogens is 456 g/mol. The van der Waals surface area contributed by atoms with Gasteiger partial charge in [-0.2, -0.15) is 0 Å². The molecule has 1 aromatic heterocycles. The highest BCUT2D eigenvalue weighted by Crippen LogP contribution is 2.38. The Labute approximate surface area is 211 Å². The first kappa shape index (κ1) is 24.1. The van der Waals surface area contributed by atoms with Crippen molar-refractivity contribution in [2.45, 2.75) is 51.4 Å². The molecule has 0 aliphatic carbocycles. The van der Waals surface area contributed by atoms with Crippen molar-refractivity contribution in [2.24, 2.45) is 0 Å². The van der Waals surface area contributed by atoms with Crippen LogP contribution in [0.3, 0.4) is 0 Å². The minimum Gasteiger partial charge on any atom is -0.481 e. The molecule has 0 radical (unpaired) electrons. The van der Waals surface area contributed by atoms with E-state index in [0.29, 0.717) is 24.6 Å². The molecule has 2 aliphatic heterocycles. The van der Waals surface area contributed by atoms with Crippen molar-refractivity contribution < 1.29 is 23.5 Å². The number of aryl methyl sites for hydroxylation is 1. The minimum atomic E-state index is -0.661. The predicted octanol–water partition coefficient (Wildman–Crippen LogP) is 4.44. The second-order valence-corrected chi connectivity index (χ2v) is 9.54. The molecule has 3 heterocycles. The molecule has 3 unspecified atom stereocenters. The molecular formula is C29H32N2O5. The Morgan fingerprint density at radius 3 is 2.81 bits per heavy atom. The predicted molar refractivity (Wildman–Crippen MR) is 135 cm³/mol. The van der Waals surface area contributed by atoms with Gasteiger partial charge >= 0.3 is 0 Å². The van der Waals surface area contributed by atoms with Crippen molar-refractivity contribution in [3.8, 4) is 5.75 Å². The standard InChI is InChI=1S/C29H32N2O5/c1-19-6-3-7-22(16-19)27-25-17-23(36-20(2)28(32)30-18-24-8-4-14-34-24)11-10-21(25)12-13-31(27)29(33)26-9-5-15-35-26/h3,5-7,9-11,15-17,20,24,27H,4,8,12-14,18H2,1-2H3,(H,30,32). The number of furan rings is 1. The maximum atomic E-state index is 13.4. The summed E-state index contributed by atoms with van der Waals surface area (Å²) < 4.78 is 17.1. The Bertz CT molecular complexity index is 1220. The van der Waals surface area contributed by atoms with Crippen LogP contribution >= 0.6 is 0 Å². The summed E-state index contributed by atoms with van der Waals surface area (Å²) in [6.45, 7) is 5.62. The molecule has 2 aliphatic rings. The fourth-order valence-corrected chi connectivity index (χ4v) is 5.05. The molecule has 0 bridgehead atoms. The molecule has 5 rings (SSSR count). The Morgan fingerprint density at radius 2 is 2.06 bits per heavy atom. The van der Waals surface area contributed by atoms with Crippen LogP contribution in [0.15, 0.2) is 65.3 Å². The van der Waals surface area contributed by atoms with Gasteiger partial charge in [0.1, 0.15) is 5.75 Å². The van der Waals surface area contributed by atoms with Crippen LogP contribution in [-0.2, 0) is 16.0 Å². The Hall–Kier alpha value is -3.58. The van der Waals surface area contributed by atoms with E-state index in [4.69, 9.17) is 13.9 Å². The van der Waals surface area contributed by atoms with Gasteiger partial charge in [-0.05, 0) is 74.1 Å². The van der Waals surface area contributed by atoms with Gasteiger partial charge in [-0.1, -0.05) is 35.9 Å². The fourth-order valence-electron chi connectivity index (χ4n) is 5.05. The lowest BCUT2D eigenvalue weighted by atomic mass is 9.87. The molecule has 7 heteroatoms. The van der Waals surface area contributed by atoms with Gasteiger partial charge in [0.05, 0.1) is 18.4 Å². The number of rotatable bonds is 7. The van der Waals surface area contributed by atoms with Crippen molar-refractivity contribution in [1.82, 2.24) is 10.2 Å². The van der Waals surface area contributed by atoms with Crippen LogP contribution in [0.4, 0.5) is 0 Å². The van der Waals surface area contributed by atoms with Crippen LogP contribution in [0.1, 0.15) is 58.6 Å². The summed E-state index contributed by atoms with van der Waals surface area (Å²) in [4.78, 5) is 27.9. The summed E-state index contributed by atoms with van der Waals surface area (Å²) in [6.07, 6.45) is 3.66. The lowest BCUT2D eigenvalue weighted by Crippen LogP contribution is -2.41. The van der Waals surface area contributed by atoms with E-state index >= 15 is 0 Å². The first-order chi connectivity index (χ1) is 17.5. The molecule has 3 aromatic rings. The van der Waals surface area contributed by atoms with Crippen molar-refractivity contribution in [1.29, 1.82) is 0 Å². The van der Waals surface area contributed by atoms with Gasteiger partial charge in [0.2, 0.25) is 0 Å². The van der Waals surface area contributed by atoms with Crippen LogP contribution in [0.25, 0.3) is 0 Å². The molecule has 1 fully saturated rings. The quantitative estimate of drug-likeness (QED) is 0.532. The highest BCUT2D eigenvalue weighted by atomic mass is 16.5. The van der Waals surface area contributed by atoms with Gasteiger partial charge in [-0.3, -0.25) is 9.59 Å². The topological polar surface area (TPSA) is 81.0 Å². The van der Waals surface area contributed by atoms with E-state index in [0.717, 1.165) is 48.1 Å². The molecule has 2 aromatic carbocycles. The molecule has 1 N–H and O–H groups in total. The largest absolute Gasteiger partial charge is 0.481 e. The van der Waals surface area contributed by atoms with E-state index in [9.17, 15) is 9.59 Å². The smallest absolute Gasteiger partial charge is 0.290 e. The number of hydrogen-bond donors (Lipinski definition) is 1. The first-order valence-electron chi connectivity index (χ1n) is 12.6. The van der Waals surface area contributed by atoms with Gasteiger partial charge in [0.15, 0.2) is 11.9 Å². The Morgan fingerprint density at radius 1 is 1.17 bits per heavy atom. The second kappa shape index (κ2) is 10.6. The zero-order valence-electron chi connectivity index (χ0n) is 20.7. The molecule has 3 atom stereocenters. The molecule has 7 nitrogen and oxygen atoms in total. The highest BCUT2D eigenvalue weighted by molar-refractivity contribution is 5.92. The SMILES string of the molecule is Cc1cccc(C2c3cc(OC(C)C(=O)NCC4CCCO4)ccc3CCN2C(=O)c2ccco2)c1. The molecule has 2 amide bonds. The lowest BCUT2D eigenvalue weighted by molar-refractivity contribution is -0.127. The summed E-state index contributed by atoms with van der Waals surface area (Å²) in [5, 5.41) is 2.93. The van der Waals surface area contributed by atoms with Crippen molar-refractivity contribution in [3.63, 3.8) is 0 Å². The molecule has 0 saturated carbocycles. The Balaban J connectivity index is 1.40. The summed E-state index contributed by atoms with van der Waals surface area (Å²) in [5.41, 5.74) is 4.30. The Kier molecular flexibility index (Phi) is 7.09. The van der Waals surface area contributed by atoms with E-state index in [-0.39, 0.29) is 24.0 Å². The number of benzene rings is 2. The molecule has 188 valence electrons. The van der Waals surface area contributed by atoms with E-state index in [1.54, 1.807) is 19.1 Å². The van der Waals surface area contributed by atoms with Crippen LogP contribution < -0.4 is 10.1 Å². The summed E-state index contributed by atoms with van der Waals surface area (Å²) in [5.74, 6) is 0.594. The minimum absolute atomic E-state index is 0.0812. The third kappa shape index (κ3) is 5.16. The highest BCUT2D eigenvalue weighted by Gasteiger charge is 2.34. The molecule has 1 saturated heterocycles. The van der Waals surface area contributed by atoms with E-state index < -0.39 is 6.10 Å². The van der Waals surface area contributed by atoms with E-state index in [1.165, 1.54) is 6.26 Å². The van der Waals surface area contributed by atoms with Crippen molar-refractivity contribution >= 4 is 11.8 Å². The summed E-state index contributed by atoms with van der Waals surface area (Å²) in [6, 6.07) is 17.2. The van der Waals surface area contributed by atoms with Crippen molar-refractivity contribution in [2.75, 3.05) is 19.7 Å². The summed E-state index contributed by atoms with van der Waals surface area (Å²) >= 11 is 0. The van der Waals surface area contributed by atoms with Crippen LogP contribution in [-0.4, -0.2) is 48.6 Å². The van der Waals surface area contributed by atoms with Gasteiger partial charge in [0, 0.05) is 19.7 Å². The lowest BCUT2D eigenvalue weighted by Gasteiger charge is -2.37. The number of hydrogen-bond acceptors (Lipinski definition) is 5. The zero-order valence-corrected chi connectivity index (χ0v) is 20.7. The third-order valence-electron chi connectivity index (χ3n) is 6.91. The van der Waals surface area contributed by atoms with Crippen LogP contribution in [0.5, 0.6) is 5.75 Å². The number of carbonyl (C=O) groups excluding carboxylic acids is 2. The summed E-state index contributed by atoms with van der Waals surface area (Å²) in [7, 11) is 0. The number of amides is 2.